The molecule has 0 saturated carbocycles. The number of hydrogen-bond acceptors (Lipinski definition) is 6. The summed E-state index contributed by atoms with van der Waals surface area (Å²) in [5.74, 6) is 3.10. The molecule has 0 spiro atoms. The minimum atomic E-state index is -0.142. The van der Waals surface area contributed by atoms with E-state index >= 15 is 0 Å². The molecule has 0 aromatic heterocycles. The molecule has 1 amide bonds. The molecule has 6 nitrogen and oxygen atoms in total. The lowest BCUT2D eigenvalue weighted by Crippen LogP contribution is -2.31. The van der Waals surface area contributed by atoms with E-state index in [-0.39, 0.29) is 11.3 Å². The summed E-state index contributed by atoms with van der Waals surface area (Å²) in [4.78, 5) is 15.2. The van der Waals surface area contributed by atoms with Crippen LogP contribution in [0.4, 0.5) is 0 Å². The zero-order valence-corrected chi connectivity index (χ0v) is 16.7. The van der Waals surface area contributed by atoms with E-state index < -0.39 is 0 Å². The van der Waals surface area contributed by atoms with Crippen molar-refractivity contribution in [2.24, 2.45) is 0 Å². The minimum absolute atomic E-state index is 0.124. The molecule has 0 bridgehead atoms. The Balaban J connectivity index is 1.99. The van der Waals surface area contributed by atoms with Gasteiger partial charge < -0.3 is 23.8 Å². The zero-order chi connectivity index (χ0) is 19.4. The number of nitrogens with zero attached hydrogens (tertiary/aromatic N) is 1. The normalized spacial score (nSPS) is 16.1. The average molecular weight is 389 g/mol. The standard InChI is InChI=1S/C20H23NO5S/c1-23-14-10-13(11-15(12-14)24-2)20-21(8-9-27-20)19(22)18-16(25-3)6-5-7-17(18)26-4/h5-7,10-12,20H,8-9H2,1-4H3. The summed E-state index contributed by atoms with van der Waals surface area (Å²) in [6, 6.07) is 11.0. The minimum Gasteiger partial charge on any atom is -0.497 e. The molecule has 3 rings (SSSR count). The van der Waals surface area contributed by atoms with Gasteiger partial charge in [-0.3, -0.25) is 4.79 Å². The topological polar surface area (TPSA) is 57.2 Å². The van der Waals surface area contributed by atoms with E-state index in [0.717, 1.165) is 11.3 Å². The van der Waals surface area contributed by atoms with E-state index in [1.807, 2.05) is 23.1 Å². The highest BCUT2D eigenvalue weighted by Crippen LogP contribution is 2.43. The number of carbonyl (C=O) groups is 1. The van der Waals surface area contributed by atoms with Gasteiger partial charge in [0.2, 0.25) is 0 Å². The molecule has 0 radical (unpaired) electrons. The Hall–Kier alpha value is -2.54. The fourth-order valence-corrected chi connectivity index (χ4v) is 4.37. The Labute approximate surface area is 163 Å². The van der Waals surface area contributed by atoms with Crippen molar-refractivity contribution in [3.8, 4) is 23.0 Å². The maximum atomic E-state index is 13.4. The van der Waals surface area contributed by atoms with Crippen molar-refractivity contribution in [1.29, 1.82) is 0 Å². The van der Waals surface area contributed by atoms with Crippen molar-refractivity contribution in [3.63, 3.8) is 0 Å². The maximum Gasteiger partial charge on any atom is 0.262 e. The summed E-state index contributed by atoms with van der Waals surface area (Å²) in [6.07, 6.45) is 0. The molecular formula is C20H23NO5S. The van der Waals surface area contributed by atoms with Gasteiger partial charge in [0, 0.05) is 18.4 Å². The first-order valence-corrected chi connectivity index (χ1v) is 9.54. The van der Waals surface area contributed by atoms with Gasteiger partial charge in [0.05, 0.1) is 28.4 Å². The molecule has 2 aromatic carbocycles. The third kappa shape index (κ3) is 3.78. The first-order valence-electron chi connectivity index (χ1n) is 8.49. The van der Waals surface area contributed by atoms with Gasteiger partial charge in [0.1, 0.15) is 33.9 Å². The Morgan fingerprint density at radius 2 is 1.56 bits per heavy atom. The van der Waals surface area contributed by atoms with Gasteiger partial charge in [-0.1, -0.05) is 6.07 Å². The van der Waals surface area contributed by atoms with Crippen LogP contribution in [0.5, 0.6) is 23.0 Å². The van der Waals surface area contributed by atoms with Crippen LogP contribution in [0.3, 0.4) is 0 Å². The molecule has 1 fully saturated rings. The molecule has 7 heteroatoms. The fraction of sp³-hybridized carbons (Fsp3) is 0.350. The molecular weight excluding hydrogens is 366 g/mol. The van der Waals surface area contributed by atoms with E-state index in [1.54, 1.807) is 58.4 Å². The molecule has 0 N–H and O–H groups in total. The van der Waals surface area contributed by atoms with Crippen LogP contribution in [0.15, 0.2) is 36.4 Å². The third-order valence-electron chi connectivity index (χ3n) is 4.45. The van der Waals surface area contributed by atoms with Crippen molar-refractivity contribution in [2.45, 2.75) is 5.37 Å². The second-order valence-corrected chi connectivity index (χ2v) is 7.09. The average Bonchev–Trinajstić information content (AvgIpc) is 3.22. The number of hydrogen-bond donors (Lipinski definition) is 0. The van der Waals surface area contributed by atoms with Gasteiger partial charge >= 0.3 is 0 Å². The zero-order valence-electron chi connectivity index (χ0n) is 15.9. The van der Waals surface area contributed by atoms with Crippen LogP contribution in [0.2, 0.25) is 0 Å². The lowest BCUT2D eigenvalue weighted by Gasteiger charge is -2.26. The number of ether oxygens (including phenoxy) is 4. The molecule has 1 atom stereocenters. The summed E-state index contributed by atoms with van der Waals surface area (Å²) in [5.41, 5.74) is 1.39. The summed E-state index contributed by atoms with van der Waals surface area (Å²) < 4.78 is 21.6. The quantitative estimate of drug-likeness (QED) is 0.752. The number of thioether (sulfide) groups is 1. The molecule has 1 aliphatic rings. The predicted octanol–water partition coefficient (Wildman–Crippen LogP) is 3.61. The van der Waals surface area contributed by atoms with Crippen LogP contribution in [0, 0.1) is 0 Å². The molecule has 27 heavy (non-hydrogen) atoms. The van der Waals surface area contributed by atoms with Gasteiger partial charge in [-0.2, -0.15) is 0 Å². The van der Waals surface area contributed by atoms with E-state index in [1.165, 1.54) is 0 Å². The maximum absolute atomic E-state index is 13.4. The third-order valence-corrected chi connectivity index (χ3v) is 5.71. The highest BCUT2D eigenvalue weighted by atomic mass is 32.2. The molecule has 1 aliphatic heterocycles. The van der Waals surface area contributed by atoms with Crippen LogP contribution in [-0.2, 0) is 0 Å². The van der Waals surface area contributed by atoms with Crippen LogP contribution in [0.25, 0.3) is 0 Å². The van der Waals surface area contributed by atoms with E-state index in [2.05, 4.69) is 0 Å². The SMILES string of the molecule is COc1cc(OC)cc(C2SCCN2C(=O)c2c(OC)cccc2OC)c1. The van der Waals surface area contributed by atoms with Crippen LogP contribution in [0.1, 0.15) is 21.3 Å². The highest BCUT2D eigenvalue weighted by Gasteiger charge is 2.34. The highest BCUT2D eigenvalue weighted by molar-refractivity contribution is 7.99. The number of methoxy groups -OCH3 is 4. The van der Waals surface area contributed by atoms with Gasteiger partial charge in [-0.25, -0.2) is 0 Å². The molecule has 144 valence electrons. The van der Waals surface area contributed by atoms with Gasteiger partial charge in [-0.15, -0.1) is 11.8 Å². The monoisotopic (exact) mass is 389 g/mol. The summed E-state index contributed by atoms with van der Waals surface area (Å²) >= 11 is 1.70. The Kier molecular flexibility index (Phi) is 6.01. The second kappa shape index (κ2) is 8.43. The number of benzene rings is 2. The van der Waals surface area contributed by atoms with Crippen molar-refractivity contribution in [1.82, 2.24) is 4.90 Å². The number of amides is 1. The summed E-state index contributed by atoms with van der Waals surface area (Å²) in [7, 11) is 6.33. The Morgan fingerprint density at radius 1 is 0.963 bits per heavy atom. The lowest BCUT2D eigenvalue weighted by molar-refractivity contribution is 0.0753. The molecule has 1 saturated heterocycles. The van der Waals surface area contributed by atoms with Gasteiger partial charge in [-0.05, 0) is 29.8 Å². The Morgan fingerprint density at radius 3 is 2.07 bits per heavy atom. The summed E-state index contributed by atoms with van der Waals surface area (Å²) in [5, 5.41) is -0.142. The molecule has 1 unspecified atom stereocenters. The van der Waals surface area contributed by atoms with Crippen molar-refractivity contribution < 1.29 is 23.7 Å². The van der Waals surface area contributed by atoms with E-state index in [4.69, 9.17) is 18.9 Å². The van der Waals surface area contributed by atoms with Crippen LogP contribution in [-0.4, -0.2) is 51.5 Å². The van der Waals surface area contributed by atoms with Crippen LogP contribution >= 0.6 is 11.8 Å². The van der Waals surface area contributed by atoms with E-state index in [9.17, 15) is 4.79 Å². The van der Waals surface area contributed by atoms with Gasteiger partial charge in [0.15, 0.2) is 0 Å². The largest absolute Gasteiger partial charge is 0.497 e. The summed E-state index contributed by atoms with van der Waals surface area (Å²) in [6.45, 7) is 0.634. The van der Waals surface area contributed by atoms with Crippen molar-refractivity contribution in [3.05, 3.63) is 47.5 Å². The van der Waals surface area contributed by atoms with Crippen LogP contribution < -0.4 is 18.9 Å². The molecule has 1 heterocycles. The van der Waals surface area contributed by atoms with Gasteiger partial charge in [0.25, 0.3) is 5.91 Å². The van der Waals surface area contributed by atoms with Crippen molar-refractivity contribution in [2.75, 3.05) is 40.7 Å². The molecule has 2 aromatic rings. The lowest BCUT2D eigenvalue weighted by atomic mass is 10.1. The Bertz CT molecular complexity index is 782. The number of rotatable bonds is 6. The smallest absolute Gasteiger partial charge is 0.262 e. The second-order valence-electron chi connectivity index (χ2n) is 5.91. The van der Waals surface area contributed by atoms with Crippen molar-refractivity contribution >= 4 is 17.7 Å². The first-order chi connectivity index (χ1) is 13.1. The van der Waals surface area contributed by atoms with E-state index in [0.29, 0.717) is 35.1 Å². The molecule has 0 aliphatic carbocycles. The number of carbonyl (C=O) groups excluding carboxylic acids is 1. The fourth-order valence-electron chi connectivity index (χ4n) is 3.13. The first kappa shape index (κ1) is 19.2. The predicted molar refractivity (Wildman–Crippen MR) is 105 cm³/mol.